The molecule has 2 aromatic heterocycles. The van der Waals surface area contributed by atoms with Gasteiger partial charge in [0.1, 0.15) is 16.4 Å². The van der Waals surface area contributed by atoms with Crippen molar-refractivity contribution in [2.45, 2.75) is 41.2 Å². The molecule has 11 heteroatoms. The zero-order chi connectivity index (χ0) is 23.6. The van der Waals surface area contributed by atoms with Crippen molar-refractivity contribution in [1.82, 2.24) is 9.13 Å². The first-order chi connectivity index (χ1) is 14.4. The second-order valence-electron chi connectivity index (χ2n) is 7.58. The summed E-state index contributed by atoms with van der Waals surface area (Å²) in [5, 5.41) is 2.90. The lowest BCUT2D eigenvalue weighted by Crippen LogP contribution is -2.43. The van der Waals surface area contributed by atoms with Crippen LogP contribution >= 0.6 is 11.3 Å². The standard InChI is InChI=1S/C20H26N4O6S/c1-9(2)7-24-16(21)15(18(27)23(6)20(24)29)13(26)8-30-19(28)14-10(3)11(4)31-17(14)22-12(5)25/h9H,7-8,21H2,1-6H3,(H,22,25). The SMILES string of the molecule is CC(=O)Nc1sc(C)c(C)c1C(=O)OCC(=O)c1c(N)n(CC(C)C)c(=O)n(C)c1=O. The maximum Gasteiger partial charge on any atom is 0.341 e. The Labute approximate surface area is 182 Å². The highest BCUT2D eigenvalue weighted by atomic mass is 32.1. The number of carbonyl (C=O) groups is 3. The maximum atomic E-state index is 12.7. The molecule has 2 aromatic rings. The number of rotatable bonds is 7. The first kappa shape index (κ1) is 24.1. The van der Waals surface area contributed by atoms with Crippen molar-refractivity contribution in [2.24, 2.45) is 13.0 Å². The number of nitrogens with two attached hydrogens (primary N) is 1. The number of nitrogens with zero attached hydrogens (tertiary/aromatic N) is 2. The molecular formula is C20H26N4O6S. The highest BCUT2D eigenvalue weighted by Gasteiger charge is 2.26. The van der Waals surface area contributed by atoms with Gasteiger partial charge >= 0.3 is 11.7 Å². The van der Waals surface area contributed by atoms with Crippen molar-refractivity contribution < 1.29 is 19.1 Å². The van der Waals surface area contributed by atoms with E-state index in [1.54, 1.807) is 13.8 Å². The number of Topliss-reactive ketones (excluding diaryl/α,β-unsaturated/α-hetero) is 1. The highest BCUT2D eigenvalue weighted by molar-refractivity contribution is 7.16. The van der Waals surface area contributed by atoms with Crippen LogP contribution in [0.5, 0.6) is 0 Å². The molecule has 0 aliphatic rings. The Balaban J connectivity index is 2.35. The minimum Gasteiger partial charge on any atom is -0.454 e. The van der Waals surface area contributed by atoms with E-state index in [1.165, 1.54) is 25.3 Å². The fourth-order valence-electron chi connectivity index (χ4n) is 2.98. The van der Waals surface area contributed by atoms with Crippen LogP contribution in [0, 0.1) is 19.8 Å². The zero-order valence-corrected chi connectivity index (χ0v) is 19.1. The van der Waals surface area contributed by atoms with Crippen LogP contribution in [0.15, 0.2) is 9.59 Å². The van der Waals surface area contributed by atoms with Gasteiger partial charge in [0.2, 0.25) is 11.7 Å². The van der Waals surface area contributed by atoms with Gasteiger partial charge in [-0.2, -0.15) is 0 Å². The molecule has 0 aliphatic carbocycles. The summed E-state index contributed by atoms with van der Waals surface area (Å²) in [5.41, 5.74) is 4.84. The highest BCUT2D eigenvalue weighted by Crippen LogP contribution is 2.33. The number of hydrogen-bond acceptors (Lipinski definition) is 8. The number of thiophene rings is 1. The van der Waals surface area contributed by atoms with Crippen LogP contribution in [-0.2, 0) is 23.1 Å². The summed E-state index contributed by atoms with van der Waals surface area (Å²) < 4.78 is 7.09. The Hall–Kier alpha value is -3.21. The molecule has 0 spiro atoms. The molecule has 10 nitrogen and oxygen atoms in total. The molecule has 0 unspecified atom stereocenters. The van der Waals surface area contributed by atoms with Crippen LogP contribution in [0.1, 0.15) is 51.9 Å². The van der Waals surface area contributed by atoms with E-state index in [9.17, 15) is 24.0 Å². The maximum absolute atomic E-state index is 12.7. The van der Waals surface area contributed by atoms with Crippen molar-refractivity contribution in [2.75, 3.05) is 17.7 Å². The van der Waals surface area contributed by atoms with Gasteiger partial charge in [0.05, 0.1) is 5.56 Å². The molecule has 0 bridgehead atoms. The lowest BCUT2D eigenvalue weighted by atomic mass is 10.1. The van der Waals surface area contributed by atoms with Gasteiger partial charge < -0.3 is 15.8 Å². The van der Waals surface area contributed by atoms with Gasteiger partial charge in [0.15, 0.2) is 6.61 Å². The fourth-order valence-corrected chi connectivity index (χ4v) is 4.08. The molecule has 0 aliphatic heterocycles. The topological polar surface area (TPSA) is 142 Å². The number of esters is 1. The van der Waals surface area contributed by atoms with E-state index in [-0.39, 0.29) is 29.8 Å². The number of nitrogen functional groups attached to an aromatic ring is 1. The van der Waals surface area contributed by atoms with E-state index in [0.29, 0.717) is 10.6 Å². The number of carbonyl (C=O) groups excluding carboxylic acids is 3. The van der Waals surface area contributed by atoms with E-state index in [4.69, 9.17) is 10.5 Å². The van der Waals surface area contributed by atoms with E-state index in [0.717, 1.165) is 14.0 Å². The smallest absolute Gasteiger partial charge is 0.341 e. The predicted molar refractivity (Wildman–Crippen MR) is 118 cm³/mol. The third-order valence-electron chi connectivity index (χ3n) is 4.62. The van der Waals surface area contributed by atoms with Crippen LogP contribution in [0.25, 0.3) is 0 Å². The molecule has 0 saturated carbocycles. The second-order valence-corrected chi connectivity index (χ2v) is 8.80. The Morgan fingerprint density at radius 3 is 2.32 bits per heavy atom. The largest absolute Gasteiger partial charge is 0.454 e. The van der Waals surface area contributed by atoms with Gasteiger partial charge in [0.25, 0.3) is 5.56 Å². The van der Waals surface area contributed by atoms with Crippen LogP contribution in [-0.4, -0.2) is 33.4 Å². The monoisotopic (exact) mass is 450 g/mol. The number of aromatic nitrogens is 2. The van der Waals surface area contributed by atoms with Crippen molar-refractivity contribution >= 4 is 39.8 Å². The second kappa shape index (κ2) is 9.29. The number of ketones is 1. The molecule has 0 fully saturated rings. The summed E-state index contributed by atoms with van der Waals surface area (Å²) in [5.74, 6) is -2.21. The molecule has 3 N–H and O–H groups in total. The fraction of sp³-hybridized carbons (Fsp3) is 0.450. The molecular weight excluding hydrogens is 424 g/mol. The summed E-state index contributed by atoms with van der Waals surface area (Å²) in [6.45, 7) is 7.99. The molecule has 1 amide bonds. The molecule has 2 rings (SSSR count). The lowest BCUT2D eigenvalue weighted by molar-refractivity contribution is -0.114. The third-order valence-corrected chi connectivity index (χ3v) is 5.75. The van der Waals surface area contributed by atoms with Crippen LogP contribution in [0.2, 0.25) is 0 Å². The number of amides is 1. The normalized spacial score (nSPS) is 10.9. The van der Waals surface area contributed by atoms with Gasteiger partial charge in [-0.05, 0) is 25.3 Å². The Morgan fingerprint density at radius 2 is 1.77 bits per heavy atom. The molecule has 31 heavy (non-hydrogen) atoms. The Morgan fingerprint density at radius 1 is 1.16 bits per heavy atom. The average Bonchev–Trinajstić information content (AvgIpc) is 2.94. The van der Waals surface area contributed by atoms with Gasteiger partial charge in [0, 0.05) is 25.4 Å². The van der Waals surface area contributed by atoms with Crippen molar-refractivity contribution in [1.29, 1.82) is 0 Å². The quantitative estimate of drug-likeness (QED) is 0.480. The van der Waals surface area contributed by atoms with Crippen molar-refractivity contribution in [3.05, 3.63) is 42.4 Å². The van der Waals surface area contributed by atoms with Gasteiger partial charge in [-0.25, -0.2) is 9.59 Å². The van der Waals surface area contributed by atoms with Crippen molar-refractivity contribution in [3.63, 3.8) is 0 Å². The zero-order valence-electron chi connectivity index (χ0n) is 18.3. The number of anilines is 2. The molecule has 0 radical (unpaired) electrons. The summed E-state index contributed by atoms with van der Waals surface area (Å²) in [4.78, 5) is 62.4. The summed E-state index contributed by atoms with van der Waals surface area (Å²) in [6, 6.07) is 0. The average molecular weight is 451 g/mol. The van der Waals surface area contributed by atoms with Crippen LogP contribution < -0.4 is 22.3 Å². The van der Waals surface area contributed by atoms with E-state index in [2.05, 4.69) is 5.32 Å². The van der Waals surface area contributed by atoms with Gasteiger partial charge in [-0.3, -0.25) is 23.5 Å². The van der Waals surface area contributed by atoms with E-state index in [1.807, 2.05) is 13.8 Å². The summed E-state index contributed by atoms with van der Waals surface area (Å²) >= 11 is 1.22. The minimum atomic E-state index is -0.856. The Kier molecular flexibility index (Phi) is 7.21. The van der Waals surface area contributed by atoms with E-state index >= 15 is 0 Å². The van der Waals surface area contributed by atoms with Gasteiger partial charge in [-0.15, -0.1) is 11.3 Å². The molecule has 0 saturated heterocycles. The summed E-state index contributed by atoms with van der Waals surface area (Å²) in [7, 11) is 1.25. The number of hydrogen-bond donors (Lipinski definition) is 2. The van der Waals surface area contributed by atoms with Gasteiger partial charge in [-0.1, -0.05) is 13.8 Å². The number of nitrogens with one attached hydrogen (secondary N) is 1. The lowest BCUT2D eigenvalue weighted by Gasteiger charge is -2.16. The molecule has 0 atom stereocenters. The molecule has 0 aromatic carbocycles. The molecule has 168 valence electrons. The first-order valence-corrected chi connectivity index (χ1v) is 10.4. The van der Waals surface area contributed by atoms with E-state index < -0.39 is 35.2 Å². The minimum absolute atomic E-state index is 0.0373. The predicted octanol–water partition coefficient (Wildman–Crippen LogP) is 1.46. The Bertz CT molecular complexity index is 1170. The number of ether oxygens (including phenoxy) is 1. The first-order valence-electron chi connectivity index (χ1n) is 9.53. The van der Waals surface area contributed by atoms with Crippen LogP contribution in [0.4, 0.5) is 10.8 Å². The van der Waals surface area contributed by atoms with Crippen molar-refractivity contribution in [3.8, 4) is 0 Å². The van der Waals surface area contributed by atoms with Crippen LogP contribution in [0.3, 0.4) is 0 Å². The summed E-state index contributed by atoms with van der Waals surface area (Å²) in [6.07, 6.45) is 0. The number of aryl methyl sites for hydroxylation is 1. The third kappa shape index (κ3) is 4.93. The molecule has 2 heterocycles.